The van der Waals surface area contributed by atoms with E-state index in [9.17, 15) is 14.0 Å². The first-order valence-corrected chi connectivity index (χ1v) is 7.76. The molecule has 0 bridgehead atoms. The first kappa shape index (κ1) is 17.1. The zero-order chi connectivity index (χ0) is 18.4. The fourth-order valence-corrected chi connectivity index (χ4v) is 2.79. The molecule has 0 saturated carbocycles. The van der Waals surface area contributed by atoms with Crippen molar-refractivity contribution in [3.63, 3.8) is 0 Å². The van der Waals surface area contributed by atoms with Gasteiger partial charge in [0, 0.05) is 11.1 Å². The predicted molar refractivity (Wildman–Crippen MR) is 88.5 cm³/mol. The van der Waals surface area contributed by atoms with Crippen molar-refractivity contribution in [1.82, 2.24) is 0 Å². The highest BCUT2D eigenvalue weighted by Gasteiger charge is 2.56. The zero-order valence-corrected chi connectivity index (χ0v) is 14.0. The zero-order valence-electron chi connectivity index (χ0n) is 14.0. The summed E-state index contributed by atoms with van der Waals surface area (Å²) in [5.74, 6) is -1.82. The van der Waals surface area contributed by atoms with Crippen molar-refractivity contribution in [2.75, 3.05) is 4.90 Å². The Balaban J connectivity index is 2.17. The van der Waals surface area contributed by atoms with Gasteiger partial charge in [-0.05, 0) is 39.0 Å². The lowest BCUT2D eigenvalue weighted by molar-refractivity contribution is -0.126. The maximum atomic E-state index is 15.9. The van der Waals surface area contributed by atoms with Crippen molar-refractivity contribution in [3.05, 3.63) is 65.5 Å². The number of rotatable bonds is 1. The van der Waals surface area contributed by atoms with Crippen LogP contribution in [0.15, 0.2) is 48.5 Å². The summed E-state index contributed by atoms with van der Waals surface area (Å²) in [6.07, 6.45) is -0.999. The van der Waals surface area contributed by atoms with Crippen LogP contribution in [0.4, 0.5) is 19.3 Å². The van der Waals surface area contributed by atoms with Gasteiger partial charge in [-0.3, -0.25) is 4.79 Å². The maximum Gasteiger partial charge on any atom is 0.421 e. The van der Waals surface area contributed by atoms with Crippen molar-refractivity contribution in [3.8, 4) is 0 Å². The second-order valence-electron chi connectivity index (χ2n) is 6.81. The van der Waals surface area contributed by atoms with Gasteiger partial charge in [-0.25, -0.2) is 18.5 Å². The monoisotopic (exact) mass is 345 g/mol. The number of hydrogen-bond acceptors (Lipinski definition) is 3. The third-order valence-corrected chi connectivity index (χ3v) is 3.82. The topological polar surface area (TPSA) is 46.6 Å². The number of carbonyl (C=O) groups excluding carboxylic acids is 2. The minimum Gasteiger partial charge on any atom is -0.443 e. The number of alkyl halides is 1. The molecular weight excluding hydrogens is 328 g/mol. The van der Waals surface area contributed by atoms with Crippen LogP contribution in [-0.4, -0.2) is 17.6 Å². The molecule has 0 saturated heterocycles. The number of imide groups is 1. The third kappa shape index (κ3) is 2.77. The van der Waals surface area contributed by atoms with E-state index in [1.54, 1.807) is 39.0 Å². The number of carbonyl (C=O) groups is 2. The molecular formula is C19H17F2NO3. The Morgan fingerprint density at radius 1 is 1.12 bits per heavy atom. The Bertz CT molecular complexity index is 845. The summed E-state index contributed by atoms with van der Waals surface area (Å²) in [6, 6.07) is 10.9. The average molecular weight is 345 g/mol. The van der Waals surface area contributed by atoms with Gasteiger partial charge in [0.25, 0.3) is 5.91 Å². The summed E-state index contributed by atoms with van der Waals surface area (Å²) >= 11 is 0. The number of benzene rings is 2. The van der Waals surface area contributed by atoms with Crippen molar-refractivity contribution < 1.29 is 23.1 Å². The summed E-state index contributed by atoms with van der Waals surface area (Å²) in [5, 5.41) is 0. The van der Waals surface area contributed by atoms with Gasteiger partial charge in [-0.2, -0.15) is 0 Å². The molecule has 2 aromatic carbocycles. The number of hydrogen-bond donors (Lipinski definition) is 0. The van der Waals surface area contributed by atoms with E-state index in [1.807, 2.05) is 0 Å². The molecule has 130 valence electrons. The number of halogens is 2. The Kier molecular flexibility index (Phi) is 3.86. The number of fused-ring (bicyclic) bond motifs is 1. The van der Waals surface area contributed by atoms with E-state index in [0.717, 1.165) is 12.1 Å². The van der Waals surface area contributed by atoms with Gasteiger partial charge < -0.3 is 4.74 Å². The van der Waals surface area contributed by atoms with Crippen LogP contribution in [0, 0.1) is 5.82 Å². The molecule has 0 radical (unpaired) electrons. The minimum atomic E-state index is -2.66. The number of nitrogens with zero attached hydrogens (tertiary/aromatic N) is 1. The molecule has 0 aliphatic carbocycles. The Labute approximate surface area is 144 Å². The molecule has 3 rings (SSSR count). The van der Waals surface area contributed by atoms with Gasteiger partial charge in [0.05, 0.1) is 5.69 Å². The van der Waals surface area contributed by atoms with Crippen molar-refractivity contribution >= 4 is 17.7 Å². The lowest BCUT2D eigenvalue weighted by atomic mass is 9.89. The largest absolute Gasteiger partial charge is 0.443 e. The molecule has 25 heavy (non-hydrogen) atoms. The highest BCUT2D eigenvalue weighted by Crippen LogP contribution is 2.47. The van der Waals surface area contributed by atoms with Gasteiger partial charge in [0.15, 0.2) is 0 Å². The highest BCUT2D eigenvalue weighted by molar-refractivity contribution is 6.21. The van der Waals surface area contributed by atoms with E-state index in [0.29, 0.717) is 4.90 Å². The van der Waals surface area contributed by atoms with Crippen molar-refractivity contribution in [2.24, 2.45) is 0 Å². The van der Waals surface area contributed by atoms with Crippen LogP contribution in [0.2, 0.25) is 0 Å². The van der Waals surface area contributed by atoms with E-state index < -0.39 is 29.1 Å². The maximum absolute atomic E-state index is 15.9. The molecule has 2 aromatic rings. The molecule has 6 heteroatoms. The van der Waals surface area contributed by atoms with Crippen LogP contribution in [-0.2, 0) is 15.2 Å². The highest BCUT2D eigenvalue weighted by atomic mass is 19.1. The van der Waals surface area contributed by atoms with Crippen LogP contribution in [0.3, 0.4) is 0 Å². The summed E-state index contributed by atoms with van der Waals surface area (Å²) in [4.78, 5) is 25.9. The molecule has 0 fully saturated rings. The smallest absolute Gasteiger partial charge is 0.421 e. The second-order valence-corrected chi connectivity index (χ2v) is 6.81. The van der Waals surface area contributed by atoms with E-state index >= 15 is 4.39 Å². The summed E-state index contributed by atoms with van der Waals surface area (Å²) < 4.78 is 34.8. The molecule has 0 unspecified atom stereocenters. The third-order valence-electron chi connectivity index (χ3n) is 3.82. The van der Waals surface area contributed by atoms with Crippen LogP contribution < -0.4 is 4.90 Å². The Hall–Kier alpha value is -2.76. The van der Waals surface area contributed by atoms with Crippen LogP contribution in [0.1, 0.15) is 31.9 Å². The number of amides is 2. The normalized spacial score (nSPS) is 19.7. The van der Waals surface area contributed by atoms with Gasteiger partial charge in [0.1, 0.15) is 11.4 Å². The molecule has 1 aliphatic heterocycles. The van der Waals surface area contributed by atoms with Gasteiger partial charge in [-0.1, -0.05) is 30.3 Å². The summed E-state index contributed by atoms with van der Waals surface area (Å²) in [7, 11) is 0. The van der Waals surface area contributed by atoms with E-state index in [2.05, 4.69) is 0 Å². The number of ether oxygens (including phenoxy) is 1. The second kappa shape index (κ2) is 5.65. The summed E-state index contributed by atoms with van der Waals surface area (Å²) in [6.45, 7) is 4.91. The molecule has 1 aliphatic rings. The fraction of sp³-hybridized carbons (Fsp3) is 0.263. The number of anilines is 1. The predicted octanol–water partition coefficient (Wildman–Crippen LogP) is 4.32. The molecule has 2 amide bonds. The van der Waals surface area contributed by atoms with Crippen LogP contribution in [0.25, 0.3) is 0 Å². The minimum absolute atomic E-state index is 0.0213. The van der Waals surface area contributed by atoms with Crippen molar-refractivity contribution in [1.29, 1.82) is 0 Å². The van der Waals surface area contributed by atoms with E-state index in [1.165, 1.54) is 18.2 Å². The van der Waals surface area contributed by atoms with Gasteiger partial charge in [0.2, 0.25) is 5.67 Å². The average Bonchev–Trinajstić information content (AvgIpc) is 2.76. The molecule has 0 aromatic heterocycles. The molecule has 1 atom stereocenters. The standard InChI is InChI=1S/C19H17F2NO3/c1-18(2,3)25-17(24)22-15-10-9-13(20)11-14(15)19(21,16(22)23)12-7-5-4-6-8-12/h4-11H,1-3H3/t19-/m0/s1. The fourth-order valence-electron chi connectivity index (χ4n) is 2.79. The Morgan fingerprint density at radius 3 is 2.36 bits per heavy atom. The van der Waals surface area contributed by atoms with Gasteiger partial charge >= 0.3 is 6.09 Å². The van der Waals surface area contributed by atoms with Crippen LogP contribution in [0.5, 0.6) is 0 Å². The SMILES string of the molecule is CC(C)(C)OC(=O)N1C(=O)[C@](F)(c2ccccc2)c2cc(F)ccc21. The van der Waals surface area contributed by atoms with Gasteiger partial charge in [-0.15, -0.1) is 0 Å². The van der Waals surface area contributed by atoms with Crippen LogP contribution >= 0.6 is 0 Å². The lowest BCUT2D eigenvalue weighted by Crippen LogP contribution is -2.44. The molecule has 1 heterocycles. The first-order chi connectivity index (χ1) is 11.6. The van der Waals surface area contributed by atoms with Crippen molar-refractivity contribution in [2.45, 2.75) is 32.0 Å². The lowest BCUT2D eigenvalue weighted by Gasteiger charge is -2.24. The van der Waals surface area contributed by atoms with E-state index in [-0.39, 0.29) is 16.8 Å². The van der Waals surface area contributed by atoms with E-state index in [4.69, 9.17) is 4.74 Å². The Morgan fingerprint density at radius 2 is 1.76 bits per heavy atom. The summed E-state index contributed by atoms with van der Waals surface area (Å²) in [5.41, 5.74) is -3.74. The molecule has 0 spiro atoms. The molecule has 0 N–H and O–H groups in total. The molecule has 4 nitrogen and oxygen atoms in total. The first-order valence-electron chi connectivity index (χ1n) is 7.76. The quantitative estimate of drug-likeness (QED) is 0.773.